The van der Waals surface area contributed by atoms with Crippen molar-refractivity contribution in [2.45, 2.75) is 23.5 Å². The van der Waals surface area contributed by atoms with Gasteiger partial charge in [-0.15, -0.1) is 0 Å². The fourth-order valence-corrected chi connectivity index (χ4v) is 5.59. The van der Waals surface area contributed by atoms with E-state index in [2.05, 4.69) is 10.3 Å². The van der Waals surface area contributed by atoms with Gasteiger partial charge < -0.3 is 10.1 Å². The molecule has 37 heavy (non-hydrogen) atoms. The number of sulfone groups is 1. The van der Waals surface area contributed by atoms with E-state index in [1.165, 1.54) is 25.4 Å². The summed E-state index contributed by atoms with van der Waals surface area (Å²) in [5, 5.41) is 2.86. The van der Waals surface area contributed by atoms with Crippen molar-refractivity contribution in [2.24, 2.45) is 0 Å². The van der Waals surface area contributed by atoms with Gasteiger partial charge in [0.15, 0.2) is 9.84 Å². The Balaban J connectivity index is 1.45. The lowest BCUT2D eigenvalue weighted by Crippen LogP contribution is -2.24. The lowest BCUT2D eigenvalue weighted by atomic mass is 10.1. The number of ether oxygens (including phenoxy) is 1. The zero-order chi connectivity index (χ0) is 26.3. The Kier molecular flexibility index (Phi) is 8.30. The van der Waals surface area contributed by atoms with E-state index in [0.29, 0.717) is 41.6 Å². The number of hydrogen-bond donors (Lipinski definition) is 1. The highest BCUT2D eigenvalue weighted by molar-refractivity contribution is 7.90. The van der Waals surface area contributed by atoms with Crippen LogP contribution in [0.2, 0.25) is 0 Å². The summed E-state index contributed by atoms with van der Waals surface area (Å²) in [5.41, 5.74) is 2.88. The van der Waals surface area contributed by atoms with Crippen molar-refractivity contribution in [1.82, 2.24) is 10.3 Å². The molecular formula is C29H27FN2O4S. The Morgan fingerprint density at radius 1 is 0.973 bits per heavy atom. The number of benzene rings is 3. The van der Waals surface area contributed by atoms with Crippen molar-refractivity contribution in [3.05, 3.63) is 114 Å². The van der Waals surface area contributed by atoms with Crippen molar-refractivity contribution < 1.29 is 22.3 Å². The summed E-state index contributed by atoms with van der Waals surface area (Å²) in [6.45, 7) is 0.482. The van der Waals surface area contributed by atoms with E-state index in [0.717, 1.165) is 5.56 Å². The summed E-state index contributed by atoms with van der Waals surface area (Å²) in [7, 11) is -2.39. The summed E-state index contributed by atoms with van der Waals surface area (Å²) in [6, 6.07) is 21.7. The number of amides is 1. The molecule has 0 aliphatic carbocycles. The first-order valence-corrected chi connectivity index (χ1v) is 13.4. The molecule has 0 fully saturated rings. The molecule has 1 heterocycles. The van der Waals surface area contributed by atoms with Crippen LogP contribution in [0, 0.1) is 5.82 Å². The molecule has 4 aromatic rings. The highest BCUT2D eigenvalue weighted by Gasteiger charge is 2.22. The molecule has 3 aromatic carbocycles. The van der Waals surface area contributed by atoms with Crippen LogP contribution in [-0.4, -0.2) is 33.0 Å². The number of aryl methyl sites for hydroxylation is 1. The highest BCUT2D eigenvalue weighted by atomic mass is 32.2. The summed E-state index contributed by atoms with van der Waals surface area (Å²) in [4.78, 5) is 16.1. The topological polar surface area (TPSA) is 85.4 Å². The predicted molar refractivity (Wildman–Crippen MR) is 141 cm³/mol. The predicted octanol–water partition coefficient (Wildman–Crippen LogP) is 5.23. The summed E-state index contributed by atoms with van der Waals surface area (Å²) < 4.78 is 46.5. The van der Waals surface area contributed by atoms with Gasteiger partial charge in [-0.2, -0.15) is 0 Å². The first kappa shape index (κ1) is 26.0. The smallest absolute Gasteiger partial charge is 0.252 e. The Bertz CT molecular complexity index is 1490. The van der Waals surface area contributed by atoms with Crippen LogP contribution in [0.3, 0.4) is 0 Å². The van der Waals surface area contributed by atoms with Gasteiger partial charge >= 0.3 is 0 Å². The molecule has 0 unspecified atom stereocenters. The average molecular weight is 519 g/mol. The Hall–Kier alpha value is -4.04. The summed E-state index contributed by atoms with van der Waals surface area (Å²) >= 11 is 0. The molecule has 0 bridgehead atoms. The third-order valence-electron chi connectivity index (χ3n) is 5.88. The molecule has 1 amide bonds. The van der Waals surface area contributed by atoms with Crippen LogP contribution in [0.5, 0.6) is 5.75 Å². The number of aromatic nitrogens is 1. The zero-order valence-electron chi connectivity index (χ0n) is 20.4. The van der Waals surface area contributed by atoms with Crippen molar-refractivity contribution >= 4 is 15.7 Å². The molecule has 1 N–H and O–H groups in total. The number of carbonyl (C=O) groups excluding carboxylic acids is 1. The maximum absolute atomic E-state index is 14.3. The van der Waals surface area contributed by atoms with Gasteiger partial charge in [0.05, 0.1) is 18.4 Å². The maximum atomic E-state index is 14.3. The molecule has 190 valence electrons. The molecule has 0 aliphatic heterocycles. The number of hydrogen-bond acceptors (Lipinski definition) is 5. The third-order valence-corrected chi connectivity index (χ3v) is 7.59. The number of nitrogens with zero attached hydrogens (tertiary/aromatic N) is 1. The average Bonchev–Trinajstić information content (AvgIpc) is 2.91. The Morgan fingerprint density at radius 3 is 2.54 bits per heavy atom. The number of halogens is 1. The van der Waals surface area contributed by atoms with E-state index < -0.39 is 15.7 Å². The normalized spacial score (nSPS) is 11.2. The molecule has 0 spiro atoms. The van der Waals surface area contributed by atoms with Crippen LogP contribution in [0.15, 0.2) is 96.2 Å². The number of nitrogens with one attached hydrogen (secondary N) is 1. The molecule has 6 nitrogen and oxygen atoms in total. The van der Waals surface area contributed by atoms with Gasteiger partial charge in [-0.05, 0) is 59.9 Å². The van der Waals surface area contributed by atoms with Gasteiger partial charge in [-0.3, -0.25) is 9.78 Å². The molecular weight excluding hydrogens is 491 g/mol. The van der Waals surface area contributed by atoms with E-state index in [9.17, 15) is 17.6 Å². The van der Waals surface area contributed by atoms with Crippen LogP contribution in [0.25, 0.3) is 11.1 Å². The van der Waals surface area contributed by atoms with Gasteiger partial charge in [0.25, 0.3) is 5.91 Å². The lowest BCUT2D eigenvalue weighted by Gasteiger charge is -2.13. The van der Waals surface area contributed by atoms with Crippen LogP contribution in [0.1, 0.15) is 27.9 Å². The zero-order valence-corrected chi connectivity index (χ0v) is 21.2. The number of rotatable bonds is 10. The summed E-state index contributed by atoms with van der Waals surface area (Å²) in [6.07, 6.45) is 4.49. The second-order valence-corrected chi connectivity index (χ2v) is 10.5. The molecule has 8 heteroatoms. The quantitative estimate of drug-likeness (QED) is 0.291. The monoisotopic (exact) mass is 518 g/mol. The minimum Gasteiger partial charge on any atom is -0.495 e. The maximum Gasteiger partial charge on any atom is 0.252 e. The van der Waals surface area contributed by atoms with E-state index in [1.54, 1.807) is 54.7 Å². The standard InChI is InChI=1S/C29H27FN2O4S/c1-36-27-14-13-23(25-11-2-3-12-26(25)30)18-28(27)37(34,35)20-22-8-4-7-21(17-22)9-5-16-32-29(33)24-10-6-15-31-19-24/h2-4,6-8,10-15,17-19H,5,9,16,20H2,1H3,(H,32,33). The SMILES string of the molecule is COc1ccc(-c2ccccc2F)cc1S(=O)(=O)Cc1cccc(CCCNC(=O)c2cccnc2)c1. The molecule has 0 saturated heterocycles. The molecule has 0 aliphatic rings. The summed E-state index contributed by atoms with van der Waals surface area (Å²) in [5.74, 6) is -0.629. The van der Waals surface area contributed by atoms with E-state index >= 15 is 0 Å². The Morgan fingerprint density at radius 2 is 1.78 bits per heavy atom. The fourth-order valence-electron chi connectivity index (χ4n) is 4.05. The third kappa shape index (κ3) is 6.59. The van der Waals surface area contributed by atoms with Crippen molar-refractivity contribution in [1.29, 1.82) is 0 Å². The minimum absolute atomic E-state index is 0.0132. The van der Waals surface area contributed by atoms with Gasteiger partial charge in [-0.1, -0.05) is 48.5 Å². The van der Waals surface area contributed by atoms with Crippen LogP contribution in [-0.2, 0) is 22.0 Å². The minimum atomic E-state index is -3.79. The number of methoxy groups -OCH3 is 1. The molecule has 4 rings (SSSR count). The van der Waals surface area contributed by atoms with Gasteiger partial charge in [0, 0.05) is 24.5 Å². The van der Waals surface area contributed by atoms with Crippen LogP contribution < -0.4 is 10.1 Å². The van der Waals surface area contributed by atoms with Gasteiger partial charge in [0.2, 0.25) is 0 Å². The van der Waals surface area contributed by atoms with Crippen molar-refractivity contribution in [2.75, 3.05) is 13.7 Å². The van der Waals surface area contributed by atoms with Crippen LogP contribution >= 0.6 is 0 Å². The molecule has 0 saturated carbocycles. The van der Waals surface area contributed by atoms with Crippen molar-refractivity contribution in [3.8, 4) is 16.9 Å². The van der Waals surface area contributed by atoms with E-state index in [-0.39, 0.29) is 22.3 Å². The van der Waals surface area contributed by atoms with Crippen LogP contribution in [0.4, 0.5) is 4.39 Å². The van der Waals surface area contributed by atoms with E-state index in [4.69, 9.17) is 4.74 Å². The number of pyridine rings is 1. The molecule has 0 atom stereocenters. The second kappa shape index (κ2) is 11.8. The largest absolute Gasteiger partial charge is 0.495 e. The first-order valence-electron chi connectivity index (χ1n) is 11.8. The lowest BCUT2D eigenvalue weighted by molar-refractivity contribution is 0.0953. The molecule has 0 radical (unpaired) electrons. The molecule has 1 aromatic heterocycles. The highest BCUT2D eigenvalue weighted by Crippen LogP contribution is 2.33. The second-order valence-electron chi connectivity index (χ2n) is 8.53. The van der Waals surface area contributed by atoms with Gasteiger partial charge in [-0.25, -0.2) is 12.8 Å². The van der Waals surface area contributed by atoms with Gasteiger partial charge in [0.1, 0.15) is 16.5 Å². The van der Waals surface area contributed by atoms with E-state index in [1.807, 2.05) is 18.2 Å². The first-order chi connectivity index (χ1) is 17.9. The fraction of sp³-hybridized carbons (Fsp3) is 0.172. The number of carbonyl (C=O) groups is 1. The van der Waals surface area contributed by atoms with Crippen molar-refractivity contribution in [3.63, 3.8) is 0 Å². The Labute approximate surface area is 216 Å².